The van der Waals surface area contributed by atoms with Gasteiger partial charge in [0.15, 0.2) is 0 Å². The third-order valence-corrected chi connectivity index (χ3v) is 3.65. The fraction of sp³-hybridized carbons (Fsp3) is 0.500. The predicted octanol–water partition coefficient (Wildman–Crippen LogP) is 2.93. The zero-order valence-corrected chi connectivity index (χ0v) is 10.5. The number of aromatic amines is 1. The van der Waals surface area contributed by atoms with Crippen LogP contribution in [0.1, 0.15) is 37.2 Å². The minimum Gasteiger partial charge on any atom is -0.341 e. The molecule has 3 nitrogen and oxygen atoms in total. The molecule has 90 valence electrons. The number of benzene rings is 1. The first kappa shape index (κ1) is 10.8. The van der Waals surface area contributed by atoms with E-state index in [4.69, 9.17) is 4.98 Å². The van der Waals surface area contributed by atoms with E-state index < -0.39 is 0 Å². The van der Waals surface area contributed by atoms with Crippen LogP contribution >= 0.6 is 0 Å². The number of nitrogens with zero attached hydrogens (tertiary/aromatic N) is 1. The molecule has 1 aliphatic heterocycles. The molecular formula is C14H19N3. The molecule has 3 heteroatoms. The fourth-order valence-corrected chi connectivity index (χ4v) is 2.62. The molecule has 0 amide bonds. The molecule has 2 N–H and O–H groups in total. The van der Waals surface area contributed by atoms with Gasteiger partial charge in [-0.15, -0.1) is 0 Å². The molecule has 1 saturated heterocycles. The maximum atomic E-state index is 4.69. The Kier molecular flexibility index (Phi) is 2.63. The van der Waals surface area contributed by atoms with Crippen molar-refractivity contribution in [1.29, 1.82) is 0 Å². The molecule has 2 unspecified atom stereocenters. The molecule has 1 fully saturated rings. The van der Waals surface area contributed by atoms with Crippen molar-refractivity contribution in [2.45, 2.75) is 32.7 Å². The van der Waals surface area contributed by atoms with Gasteiger partial charge >= 0.3 is 0 Å². The molecule has 0 aliphatic carbocycles. The molecule has 2 atom stereocenters. The first-order valence-electron chi connectivity index (χ1n) is 6.42. The van der Waals surface area contributed by atoms with Gasteiger partial charge in [0.1, 0.15) is 5.82 Å². The van der Waals surface area contributed by atoms with Crippen molar-refractivity contribution in [1.82, 2.24) is 15.3 Å². The van der Waals surface area contributed by atoms with Gasteiger partial charge in [-0.1, -0.05) is 13.0 Å². The lowest BCUT2D eigenvalue weighted by Crippen LogP contribution is -2.31. The average Bonchev–Trinajstić information content (AvgIpc) is 2.72. The second kappa shape index (κ2) is 4.15. The van der Waals surface area contributed by atoms with Crippen molar-refractivity contribution in [3.63, 3.8) is 0 Å². The zero-order chi connectivity index (χ0) is 11.8. The highest BCUT2D eigenvalue weighted by molar-refractivity contribution is 5.75. The highest BCUT2D eigenvalue weighted by atomic mass is 15.0. The van der Waals surface area contributed by atoms with Crippen molar-refractivity contribution in [2.75, 3.05) is 6.54 Å². The third kappa shape index (κ3) is 2.07. The highest BCUT2D eigenvalue weighted by Crippen LogP contribution is 2.26. The van der Waals surface area contributed by atoms with Crippen molar-refractivity contribution < 1.29 is 0 Å². The van der Waals surface area contributed by atoms with Gasteiger partial charge in [0.2, 0.25) is 0 Å². The van der Waals surface area contributed by atoms with Crippen LogP contribution in [0.4, 0.5) is 0 Å². The number of imidazole rings is 1. The van der Waals surface area contributed by atoms with Crippen molar-refractivity contribution >= 4 is 11.0 Å². The highest BCUT2D eigenvalue weighted by Gasteiger charge is 2.22. The molecule has 0 saturated carbocycles. The Labute approximate surface area is 102 Å². The number of H-pyrrole nitrogens is 1. The van der Waals surface area contributed by atoms with Crippen molar-refractivity contribution in [3.05, 3.63) is 29.6 Å². The van der Waals surface area contributed by atoms with E-state index in [2.05, 4.69) is 42.3 Å². The Hall–Kier alpha value is -1.35. The Balaban J connectivity index is 1.94. The fourth-order valence-electron chi connectivity index (χ4n) is 2.62. The van der Waals surface area contributed by atoms with Crippen molar-refractivity contribution in [2.24, 2.45) is 5.92 Å². The van der Waals surface area contributed by atoms with Crippen LogP contribution in [0.25, 0.3) is 11.0 Å². The maximum Gasteiger partial charge on any atom is 0.124 e. The summed E-state index contributed by atoms with van der Waals surface area (Å²) in [5.74, 6) is 1.88. The molecule has 2 heterocycles. The minimum atomic E-state index is 0.395. The second-order valence-corrected chi connectivity index (χ2v) is 5.28. The zero-order valence-electron chi connectivity index (χ0n) is 10.5. The number of hydrogen-bond acceptors (Lipinski definition) is 2. The Morgan fingerprint density at radius 1 is 1.35 bits per heavy atom. The Morgan fingerprint density at radius 3 is 3.06 bits per heavy atom. The van der Waals surface area contributed by atoms with Crippen LogP contribution in [0.5, 0.6) is 0 Å². The minimum absolute atomic E-state index is 0.395. The molecule has 0 bridgehead atoms. The van der Waals surface area contributed by atoms with E-state index in [1.54, 1.807) is 0 Å². The molecular weight excluding hydrogens is 210 g/mol. The summed E-state index contributed by atoms with van der Waals surface area (Å²) in [6.07, 6.45) is 2.45. The van der Waals surface area contributed by atoms with Gasteiger partial charge in [-0.3, -0.25) is 0 Å². The number of aryl methyl sites for hydroxylation is 1. The summed E-state index contributed by atoms with van der Waals surface area (Å²) < 4.78 is 0. The lowest BCUT2D eigenvalue weighted by atomic mass is 9.94. The average molecular weight is 229 g/mol. The van der Waals surface area contributed by atoms with Crippen LogP contribution in [-0.2, 0) is 0 Å². The number of aromatic nitrogens is 2. The summed E-state index contributed by atoms with van der Waals surface area (Å²) in [6.45, 7) is 5.53. The van der Waals surface area contributed by atoms with E-state index in [0.29, 0.717) is 6.04 Å². The molecule has 2 aromatic rings. The van der Waals surface area contributed by atoms with E-state index >= 15 is 0 Å². The number of piperidine rings is 1. The number of rotatable bonds is 1. The summed E-state index contributed by atoms with van der Waals surface area (Å²) in [6, 6.07) is 6.77. The first-order valence-corrected chi connectivity index (χ1v) is 6.42. The standard InChI is InChI=1S/C14H19N3/c1-9-3-4-11-12(7-9)17-14(16-11)13-8-10(2)5-6-15-13/h3-4,7,10,13,15H,5-6,8H2,1-2H3,(H,16,17). The predicted molar refractivity (Wildman–Crippen MR) is 70.0 cm³/mol. The molecule has 1 aromatic heterocycles. The van der Waals surface area contributed by atoms with Gasteiger partial charge in [0, 0.05) is 0 Å². The van der Waals surface area contributed by atoms with Crippen LogP contribution in [-0.4, -0.2) is 16.5 Å². The van der Waals surface area contributed by atoms with Crippen LogP contribution in [0.3, 0.4) is 0 Å². The van der Waals surface area contributed by atoms with E-state index in [1.807, 2.05) is 0 Å². The summed E-state index contributed by atoms with van der Waals surface area (Å²) in [5, 5.41) is 3.55. The molecule has 0 radical (unpaired) electrons. The van der Waals surface area contributed by atoms with E-state index in [0.717, 1.165) is 29.3 Å². The largest absolute Gasteiger partial charge is 0.341 e. The topological polar surface area (TPSA) is 40.7 Å². The quantitative estimate of drug-likeness (QED) is 0.789. The lowest BCUT2D eigenvalue weighted by Gasteiger charge is -2.26. The summed E-state index contributed by atoms with van der Waals surface area (Å²) in [4.78, 5) is 8.15. The number of hydrogen-bond donors (Lipinski definition) is 2. The van der Waals surface area contributed by atoms with Crippen LogP contribution < -0.4 is 5.32 Å². The van der Waals surface area contributed by atoms with Gasteiger partial charge in [0.05, 0.1) is 17.1 Å². The van der Waals surface area contributed by atoms with Gasteiger partial charge in [-0.05, 0) is 49.9 Å². The van der Waals surface area contributed by atoms with Crippen LogP contribution in [0.2, 0.25) is 0 Å². The maximum absolute atomic E-state index is 4.69. The van der Waals surface area contributed by atoms with Gasteiger partial charge in [-0.2, -0.15) is 0 Å². The van der Waals surface area contributed by atoms with Gasteiger partial charge < -0.3 is 10.3 Å². The molecule has 17 heavy (non-hydrogen) atoms. The molecule has 0 spiro atoms. The van der Waals surface area contributed by atoms with E-state index in [-0.39, 0.29) is 0 Å². The Morgan fingerprint density at radius 2 is 2.24 bits per heavy atom. The van der Waals surface area contributed by atoms with Gasteiger partial charge in [-0.25, -0.2) is 4.98 Å². The third-order valence-electron chi connectivity index (χ3n) is 3.65. The number of fused-ring (bicyclic) bond motifs is 1. The van der Waals surface area contributed by atoms with Crippen LogP contribution in [0.15, 0.2) is 18.2 Å². The first-order chi connectivity index (χ1) is 8.22. The van der Waals surface area contributed by atoms with E-state index in [1.165, 1.54) is 18.4 Å². The molecule has 1 aliphatic rings. The Bertz CT molecular complexity index is 529. The molecule has 3 rings (SSSR count). The smallest absolute Gasteiger partial charge is 0.124 e. The normalized spacial score (nSPS) is 25.3. The number of nitrogens with one attached hydrogen (secondary N) is 2. The van der Waals surface area contributed by atoms with Crippen LogP contribution in [0, 0.1) is 12.8 Å². The summed E-state index contributed by atoms with van der Waals surface area (Å²) >= 11 is 0. The molecule has 1 aromatic carbocycles. The monoisotopic (exact) mass is 229 g/mol. The van der Waals surface area contributed by atoms with Gasteiger partial charge in [0.25, 0.3) is 0 Å². The van der Waals surface area contributed by atoms with Crippen molar-refractivity contribution in [3.8, 4) is 0 Å². The van der Waals surface area contributed by atoms with E-state index in [9.17, 15) is 0 Å². The lowest BCUT2D eigenvalue weighted by molar-refractivity contribution is 0.317. The summed E-state index contributed by atoms with van der Waals surface area (Å²) in [5.41, 5.74) is 3.50. The SMILES string of the molecule is Cc1ccc2nc(C3CC(C)CCN3)[nH]c2c1. The summed E-state index contributed by atoms with van der Waals surface area (Å²) in [7, 11) is 0. The second-order valence-electron chi connectivity index (χ2n) is 5.28.